The fourth-order valence-electron chi connectivity index (χ4n) is 1.39. The van der Waals surface area contributed by atoms with Gasteiger partial charge in [-0.15, -0.1) is 12.1 Å². The summed E-state index contributed by atoms with van der Waals surface area (Å²) in [7, 11) is 0. The van der Waals surface area contributed by atoms with Crippen LogP contribution in [0.3, 0.4) is 0 Å². The molecule has 0 bridgehead atoms. The standard InChI is InChI=1S/C7H7.C6H4NO2.C6H6N.3C2H6.3CH3.3K/c1-7-5-3-2-4-6-7;8-7(9)6-4-2-1-3-5-6;7-6-4-2-1-3-5-6;3*1-2;;;;;;/h2-5H,1H3;1-4H;1-4H,7H2;3*1-2H3;3*1H3;;;/q3*-1;;;;3*-1;3*+1. The smallest absolute Gasteiger partial charge is 0.420 e. The summed E-state index contributed by atoms with van der Waals surface area (Å²) in [6.45, 7) is 14.0. The minimum absolute atomic E-state index is 0. The van der Waals surface area contributed by atoms with Gasteiger partial charge in [0.05, 0.1) is 0 Å². The molecule has 0 aromatic heterocycles. The number of benzene rings is 3. The van der Waals surface area contributed by atoms with Gasteiger partial charge in [-0.3, -0.25) is 10.1 Å². The molecule has 0 heterocycles. The summed E-state index contributed by atoms with van der Waals surface area (Å²) in [5.41, 5.74) is 7.21. The molecule has 0 fully saturated rings. The Balaban J connectivity index is -0.0000000348. The Kier molecular flexibility index (Phi) is 91.1. The molecule has 4 nitrogen and oxygen atoms in total. The second-order valence-corrected chi connectivity index (χ2v) is 4.37. The molecule has 0 aliphatic heterocycles. The fraction of sp³-hybridized carbons (Fsp3) is 0.250. The van der Waals surface area contributed by atoms with Gasteiger partial charge in [-0.05, 0) is 0 Å². The van der Waals surface area contributed by atoms with Gasteiger partial charge in [0.25, 0.3) is 0 Å². The molecule has 3 aromatic carbocycles. The first-order valence-electron chi connectivity index (χ1n) is 9.86. The Morgan fingerprint density at radius 1 is 0.657 bits per heavy atom. The molecule has 0 radical (unpaired) electrons. The van der Waals surface area contributed by atoms with E-state index < -0.39 is 4.92 Å². The monoisotopic (exact) mass is 557 g/mol. The zero-order chi connectivity index (χ0) is 22.9. The summed E-state index contributed by atoms with van der Waals surface area (Å²) in [4.78, 5) is 9.50. The normalized spacial score (nSPS) is 6.26. The summed E-state index contributed by atoms with van der Waals surface area (Å²) in [5, 5.41) is 9.98. The number of nitrogens with zero attached hydrogens (tertiary/aromatic N) is 1. The van der Waals surface area contributed by atoms with Crippen LogP contribution in [-0.4, -0.2) is 4.92 Å². The molecule has 0 spiro atoms. The average molecular weight is 558 g/mol. The van der Waals surface area contributed by atoms with Crippen LogP contribution in [0.5, 0.6) is 0 Å². The number of anilines is 1. The van der Waals surface area contributed by atoms with Crippen LogP contribution in [0, 0.1) is 57.5 Å². The van der Waals surface area contributed by atoms with E-state index in [1.807, 2.05) is 84.9 Å². The number of non-ortho nitro benzene ring substituents is 1. The molecule has 0 saturated heterocycles. The van der Waals surface area contributed by atoms with Crippen molar-refractivity contribution in [2.75, 3.05) is 5.73 Å². The molecular weight excluding hydrogens is 514 g/mol. The number of aryl methyl sites for hydroxylation is 1. The first-order chi connectivity index (χ1) is 14.1. The van der Waals surface area contributed by atoms with E-state index in [2.05, 4.69) is 18.2 Å². The third kappa shape index (κ3) is 46.0. The Bertz CT molecular complexity index is 651. The van der Waals surface area contributed by atoms with E-state index >= 15 is 0 Å². The van der Waals surface area contributed by atoms with E-state index in [0.717, 1.165) is 0 Å². The summed E-state index contributed by atoms with van der Waals surface area (Å²) in [5.74, 6) is 0. The summed E-state index contributed by atoms with van der Waals surface area (Å²) in [6, 6.07) is 29.8. The van der Waals surface area contributed by atoms with Crippen LogP contribution >= 0.6 is 0 Å². The average Bonchev–Trinajstić information content (AvgIpc) is 2.80. The molecule has 7 heteroatoms. The Hall–Kier alpha value is 1.77. The number of nitrogens with two attached hydrogens (primary N) is 1. The molecule has 0 atom stereocenters. The summed E-state index contributed by atoms with van der Waals surface area (Å²) < 4.78 is 0. The van der Waals surface area contributed by atoms with Crippen molar-refractivity contribution < 1.29 is 159 Å². The van der Waals surface area contributed by atoms with Crippen LogP contribution in [0.4, 0.5) is 11.4 Å². The quantitative estimate of drug-likeness (QED) is 0.147. The molecule has 184 valence electrons. The molecule has 35 heavy (non-hydrogen) atoms. The molecule has 0 aliphatic carbocycles. The van der Waals surface area contributed by atoms with Crippen molar-refractivity contribution in [3.05, 3.63) is 129 Å². The van der Waals surface area contributed by atoms with Crippen molar-refractivity contribution in [3.63, 3.8) is 0 Å². The molecule has 2 N–H and O–H groups in total. The van der Waals surface area contributed by atoms with Crippen LogP contribution in [-0.2, 0) is 0 Å². The first-order valence-corrected chi connectivity index (χ1v) is 9.86. The van der Waals surface area contributed by atoms with Gasteiger partial charge in [-0.25, -0.2) is 0 Å². The van der Waals surface area contributed by atoms with Crippen LogP contribution in [0.25, 0.3) is 0 Å². The summed E-state index contributed by atoms with van der Waals surface area (Å²) in [6.07, 6.45) is 0. The molecule has 0 unspecified atom stereocenters. The van der Waals surface area contributed by atoms with Crippen molar-refractivity contribution in [2.24, 2.45) is 0 Å². The molecule has 0 amide bonds. The zero-order valence-corrected chi connectivity index (χ0v) is 34.1. The molecule has 0 saturated carbocycles. The van der Waals surface area contributed by atoms with E-state index in [1.165, 1.54) is 17.7 Å². The second kappa shape index (κ2) is 52.2. The fourth-order valence-corrected chi connectivity index (χ4v) is 1.39. The largest absolute Gasteiger partial charge is 1.00 e. The van der Waals surface area contributed by atoms with Crippen LogP contribution in [0.1, 0.15) is 47.1 Å². The second-order valence-electron chi connectivity index (χ2n) is 4.37. The van der Waals surface area contributed by atoms with Crippen LogP contribution in [0.15, 0.2) is 72.8 Å². The van der Waals surface area contributed by atoms with Crippen molar-refractivity contribution in [1.82, 2.24) is 0 Å². The number of nitro groups is 1. The van der Waals surface area contributed by atoms with Crippen molar-refractivity contribution >= 4 is 11.4 Å². The minimum Gasteiger partial charge on any atom is -0.420 e. The van der Waals surface area contributed by atoms with Gasteiger partial charge >= 0.3 is 154 Å². The molecule has 0 aliphatic rings. The van der Waals surface area contributed by atoms with Gasteiger partial charge in [-0.2, -0.15) is 78.4 Å². The van der Waals surface area contributed by atoms with Crippen LogP contribution in [0.2, 0.25) is 0 Å². The van der Waals surface area contributed by atoms with Gasteiger partial charge in [0.15, 0.2) is 5.69 Å². The van der Waals surface area contributed by atoms with E-state index in [1.54, 1.807) is 24.3 Å². The maximum Gasteiger partial charge on any atom is 1.00 e. The topological polar surface area (TPSA) is 69.2 Å². The number of hydrogen-bond donors (Lipinski definition) is 1. The predicted molar refractivity (Wildman–Crippen MR) is 145 cm³/mol. The van der Waals surface area contributed by atoms with E-state index in [0.29, 0.717) is 5.69 Å². The van der Waals surface area contributed by atoms with Gasteiger partial charge < -0.3 is 28.0 Å². The third-order valence-corrected chi connectivity index (χ3v) is 2.49. The Morgan fingerprint density at radius 2 is 1.03 bits per heavy atom. The van der Waals surface area contributed by atoms with Crippen LogP contribution < -0.4 is 160 Å². The zero-order valence-electron chi connectivity index (χ0n) is 24.8. The minimum atomic E-state index is -0.472. The van der Waals surface area contributed by atoms with Crippen molar-refractivity contribution in [1.29, 1.82) is 0 Å². The van der Waals surface area contributed by atoms with Gasteiger partial charge in [-0.1, -0.05) is 60.2 Å². The van der Waals surface area contributed by atoms with E-state index in [-0.39, 0.29) is 182 Å². The first kappa shape index (κ1) is 61.0. The van der Waals surface area contributed by atoms with Crippen molar-refractivity contribution in [2.45, 2.75) is 48.5 Å². The molecule has 3 rings (SSSR count). The maximum atomic E-state index is 9.98. The van der Waals surface area contributed by atoms with Gasteiger partial charge in [0, 0.05) is 4.92 Å². The Morgan fingerprint density at radius 3 is 1.17 bits per heavy atom. The number of hydrogen-bond acceptors (Lipinski definition) is 3. The van der Waals surface area contributed by atoms with Crippen molar-refractivity contribution in [3.8, 4) is 0 Å². The van der Waals surface area contributed by atoms with Gasteiger partial charge in [0.2, 0.25) is 0 Å². The number of para-hydroxylation sites is 2. The SMILES string of the molecule is CC.CC.CC.Cc1[c-]cccc1.Nc1[c-]cccc1.O=[N+]([O-])c1[c-]cccc1.[CH3-].[CH3-].[CH3-].[K+].[K+].[K+]. The summed E-state index contributed by atoms with van der Waals surface area (Å²) >= 11 is 0. The molecule has 3 aromatic rings. The predicted octanol–water partition coefficient (Wildman–Crippen LogP) is -0.299. The third-order valence-electron chi connectivity index (χ3n) is 2.49. The Labute approximate surface area is 346 Å². The van der Waals surface area contributed by atoms with Gasteiger partial charge in [0.1, 0.15) is 0 Å². The number of nitro benzene ring substituents is 1. The molecular formula is C28H44K3N2O2-3. The van der Waals surface area contributed by atoms with E-state index in [9.17, 15) is 10.1 Å². The van der Waals surface area contributed by atoms with E-state index in [4.69, 9.17) is 5.73 Å². The number of rotatable bonds is 1. The number of nitrogen functional groups attached to an aromatic ring is 1. The maximum absolute atomic E-state index is 9.98.